The Bertz CT molecular complexity index is 210. The minimum Gasteiger partial charge on any atom is -0.383 e. The van der Waals surface area contributed by atoms with Gasteiger partial charge in [-0.15, -0.1) is 0 Å². The first kappa shape index (κ1) is 9.20. The Kier molecular flexibility index (Phi) is 2.18. The number of hydrogen-bond acceptors (Lipinski definition) is 2. The average molecular weight is 182 g/mol. The zero-order valence-electron chi connectivity index (χ0n) is 8.20. The third kappa shape index (κ3) is 1.78. The SMILES string of the molecule is C[C@@](O)(C=O)C[C@H]1C[C@@H]2CC[C@@H]1C2. The molecule has 0 saturated heterocycles. The third-order valence-corrected chi connectivity index (χ3v) is 3.81. The summed E-state index contributed by atoms with van der Waals surface area (Å²) < 4.78 is 0. The van der Waals surface area contributed by atoms with Crippen LogP contribution in [-0.4, -0.2) is 17.0 Å². The van der Waals surface area contributed by atoms with E-state index in [0.717, 1.165) is 11.8 Å². The largest absolute Gasteiger partial charge is 0.383 e. The van der Waals surface area contributed by atoms with Crippen molar-refractivity contribution in [3.8, 4) is 0 Å². The van der Waals surface area contributed by atoms with Gasteiger partial charge in [0.05, 0.1) is 0 Å². The van der Waals surface area contributed by atoms with Crippen molar-refractivity contribution in [2.75, 3.05) is 0 Å². The first-order valence-corrected chi connectivity index (χ1v) is 5.29. The van der Waals surface area contributed by atoms with Crippen LogP contribution in [0.15, 0.2) is 0 Å². The molecular formula is C11H18O2. The molecule has 0 heterocycles. The van der Waals surface area contributed by atoms with Crippen molar-refractivity contribution in [2.24, 2.45) is 17.8 Å². The van der Waals surface area contributed by atoms with Gasteiger partial charge in [-0.1, -0.05) is 6.42 Å². The highest BCUT2D eigenvalue weighted by atomic mass is 16.3. The summed E-state index contributed by atoms with van der Waals surface area (Å²) in [6.45, 7) is 1.63. The van der Waals surface area contributed by atoms with Gasteiger partial charge in [-0.05, 0) is 50.4 Å². The normalized spacial score (nSPS) is 41.8. The first-order valence-electron chi connectivity index (χ1n) is 5.29. The van der Waals surface area contributed by atoms with Gasteiger partial charge in [-0.3, -0.25) is 0 Å². The first-order chi connectivity index (χ1) is 6.11. The molecule has 13 heavy (non-hydrogen) atoms. The van der Waals surface area contributed by atoms with E-state index in [9.17, 15) is 9.90 Å². The van der Waals surface area contributed by atoms with E-state index in [-0.39, 0.29) is 0 Å². The zero-order chi connectivity index (χ0) is 9.47. The average Bonchev–Trinajstić information content (AvgIpc) is 2.64. The Labute approximate surface area is 79.3 Å². The van der Waals surface area contributed by atoms with Crippen LogP contribution >= 0.6 is 0 Å². The summed E-state index contributed by atoms with van der Waals surface area (Å²) in [4.78, 5) is 10.6. The molecule has 0 spiro atoms. The molecule has 2 aliphatic rings. The van der Waals surface area contributed by atoms with Crippen molar-refractivity contribution >= 4 is 6.29 Å². The fourth-order valence-corrected chi connectivity index (χ4v) is 3.21. The molecule has 2 rings (SSSR count). The Morgan fingerprint density at radius 1 is 1.46 bits per heavy atom. The minimum absolute atomic E-state index is 0.610. The number of fused-ring (bicyclic) bond motifs is 2. The topological polar surface area (TPSA) is 37.3 Å². The Morgan fingerprint density at radius 2 is 2.23 bits per heavy atom. The van der Waals surface area contributed by atoms with Gasteiger partial charge in [0.1, 0.15) is 5.60 Å². The van der Waals surface area contributed by atoms with Crippen molar-refractivity contribution in [3.63, 3.8) is 0 Å². The number of carbonyl (C=O) groups is 1. The quantitative estimate of drug-likeness (QED) is 0.675. The number of aldehydes is 1. The summed E-state index contributed by atoms with van der Waals surface area (Å²) in [5.41, 5.74) is -1.07. The van der Waals surface area contributed by atoms with Gasteiger partial charge in [-0.2, -0.15) is 0 Å². The molecule has 2 nitrogen and oxygen atoms in total. The third-order valence-electron chi connectivity index (χ3n) is 3.81. The maximum atomic E-state index is 10.6. The number of rotatable bonds is 3. The molecule has 2 heteroatoms. The summed E-state index contributed by atoms with van der Waals surface area (Å²) >= 11 is 0. The molecule has 0 radical (unpaired) electrons. The molecule has 2 aliphatic carbocycles. The van der Waals surface area contributed by atoms with Gasteiger partial charge in [0.15, 0.2) is 6.29 Å². The highest BCUT2D eigenvalue weighted by molar-refractivity contribution is 5.61. The maximum Gasteiger partial charge on any atom is 0.151 e. The molecule has 2 saturated carbocycles. The van der Waals surface area contributed by atoms with Crippen LogP contribution in [0.1, 0.15) is 39.0 Å². The number of hydrogen-bond donors (Lipinski definition) is 1. The number of aliphatic hydroxyl groups is 1. The van der Waals surface area contributed by atoms with Crippen molar-refractivity contribution < 1.29 is 9.90 Å². The van der Waals surface area contributed by atoms with Gasteiger partial charge < -0.3 is 9.90 Å². The van der Waals surface area contributed by atoms with Gasteiger partial charge >= 0.3 is 0 Å². The number of carbonyl (C=O) groups excluding carboxylic acids is 1. The highest BCUT2D eigenvalue weighted by Gasteiger charge is 2.41. The van der Waals surface area contributed by atoms with E-state index in [1.165, 1.54) is 25.7 Å². The van der Waals surface area contributed by atoms with Gasteiger partial charge in [0.25, 0.3) is 0 Å². The lowest BCUT2D eigenvalue weighted by atomic mass is 9.81. The molecule has 0 aromatic heterocycles. The molecule has 0 amide bonds. The van der Waals surface area contributed by atoms with Crippen LogP contribution in [-0.2, 0) is 4.79 Å². The van der Waals surface area contributed by atoms with Crippen LogP contribution < -0.4 is 0 Å². The Balaban J connectivity index is 1.93. The summed E-state index contributed by atoms with van der Waals surface area (Å²) in [5, 5.41) is 9.64. The Hall–Kier alpha value is -0.370. The molecule has 2 bridgehead atoms. The van der Waals surface area contributed by atoms with Crippen LogP contribution in [0.25, 0.3) is 0 Å². The highest BCUT2D eigenvalue weighted by Crippen LogP contribution is 2.50. The van der Waals surface area contributed by atoms with Crippen LogP contribution in [0.5, 0.6) is 0 Å². The van der Waals surface area contributed by atoms with E-state index in [0.29, 0.717) is 18.6 Å². The van der Waals surface area contributed by atoms with Crippen LogP contribution in [0, 0.1) is 17.8 Å². The summed E-state index contributed by atoms with van der Waals surface area (Å²) in [7, 11) is 0. The van der Waals surface area contributed by atoms with Crippen molar-refractivity contribution in [1.29, 1.82) is 0 Å². The Morgan fingerprint density at radius 3 is 2.69 bits per heavy atom. The molecule has 0 unspecified atom stereocenters. The smallest absolute Gasteiger partial charge is 0.151 e. The predicted molar refractivity (Wildman–Crippen MR) is 50.2 cm³/mol. The van der Waals surface area contributed by atoms with E-state index in [2.05, 4.69) is 0 Å². The molecule has 0 aliphatic heterocycles. The van der Waals surface area contributed by atoms with E-state index in [1.807, 2.05) is 0 Å². The van der Waals surface area contributed by atoms with Crippen LogP contribution in [0.3, 0.4) is 0 Å². The van der Waals surface area contributed by atoms with E-state index in [1.54, 1.807) is 6.92 Å². The summed E-state index contributed by atoms with van der Waals surface area (Å²) in [6.07, 6.45) is 6.67. The fourth-order valence-electron chi connectivity index (χ4n) is 3.21. The monoisotopic (exact) mass is 182 g/mol. The second-order valence-corrected chi connectivity index (χ2v) is 5.11. The molecule has 74 valence electrons. The van der Waals surface area contributed by atoms with Gasteiger partial charge in [0.2, 0.25) is 0 Å². The predicted octanol–water partition coefficient (Wildman–Crippen LogP) is 1.76. The summed E-state index contributed by atoms with van der Waals surface area (Å²) in [5.74, 6) is 2.31. The molecule has 0 aromatic carbocycles. The standard InChI is InChI=1S/C11H18O2/c1-11(13,7-12)6-10-5-8-2-3-9(10)4-8/h7-10,13H,2-6H2,1H3/t8-,9-,10-,11+/m1/s1. The maximum absolute atomic E-state index is 10.6. The van der Waals surface area contributed by atoms with Crippen LogP contribution in [0.2, 0.25) is 0 Å². The lowest BCUT2D eigenvalue weighted by molar-refractivity contribution is -0.124. The van der Waals surface area contributed by atoms with Crippen LogP contribution in [0.4, 0.5) is 0 Å². The van der Waals surface area contributed by atoms with Crippen molar-refractivity contribution in [2.45, 2.75) is 44.6 Å². The van der Waals surface area contributed by atoms with E-state index in [4.69, 9.17) is 0 Å². The molecular weight excluding hydrogens is 164 g/mol. The molecule has 2 fully saturated rings. The van der Waals surface area contributed by atoms with E-state index >= 15 is 0 Å². The van der Waals surface area contributed by atoms with Crippen molar-refractivity contribution in [3.05, 3.63) is 0 Å². The lowest BCUT2D eigenvalue weighted by Gasteiger charge is -2.26. The van der Waals surface area contributed by atoms with E-state index < -0.39 is 5.60 Å². The fraction of sp³-hybridized carbons (Fsp3) is 0.909. The van der Waals surface area contributed by atoms with Gasteiger partial charge in [-0.25, -0.2) is 0 Å². The minimum atomic E-state index is -1.07. The lowest BCUT2D eigenvalue weighted by Crippen LogP contribution is -2.31. The van der Waals surface area contributed by atoms with Crippen molar-refractivity contribution in [1.82, 2.24) is 0 Å². The summed E-state index contributed by atoms with van der Waals surface area (Å²) in [6, 6.07) is 0. The zero-order valence-corrected chi connectivity index (χ0v) is 8.20. The molecule has 1 N–H and O–H groups in total. The van der Waals surface area contributed by atoms with Gasteiger partial charge in [0, 0.05) is 0 Å². The second-order valence-electron chi connectivity index (χ2n) is 5.11. The molecule has 4 atom stereocenters. The second kappa shape index (κ2) is 3.09. The molecule has 0 aromatic rings.